The minimum Gasteiger partial charge on any atom is -0.359 e. The largest absolute Gasteiger partial charge is 0.359 e. The second kappa shape index (κ2) is 6.92. The van der Waals surface area contributed by atoms with Gasteiger partial charge in [0.25, 0.3) is 0 Å². The van der Waals surface area contributed by atoms with E-state index in [0.29, 0.717) is 11.5 Å². The number of hydrogen-bond donors (Lipinski definition) is 2. The van der Waals surface area contributed by atoms with Gasteiger partial charge in [-0.05, 0) is 19.3 Å². The molecule has 1 aliphatic heterocycles. The van der Waals surface area contributed by atoms with Crippen LogP contribution in [0.2, 0.25) is 5.15 Å². The summed E-state index contributed by atoms with van der Waals surface area (Å²) < 4.78 is 5.59. The number of ether oxygens (including phenoxy) is 1. The number of nitrogens with one attached hydrogen (secondary N) is 2. The van der Waals surface area contributed by atoms with Crippen LogP contribution in [0.5, 0.6) is 0 Å². The lowest BCUT2D eigenvalue weighted by molar-refractivity contribution is 0.0341. The van der Waals surface area contributed by atoms with Crippen LogP contribution in [0.4, 0.5) is 11.5 Å². The quantitative estimate of drug-likeness (QED) is 0.651. The Kier molecular flexibility index (Phi) is 4.95. The van der Waals surface area contributed by atoms with Crippen molar-refractivity contribution in [1.29, 1.82) is 5.26 Å². The molecule has 2 rings (SSSR count). The van der Waals surface area contributed by atoms with Crippen LogP contribution in [-0.4, -0.2) is 22.8 Å². The average molecular weight is 280 g/mol. The second-order valence-corrected chi connectivity index (χ2v) is 4.35. The van der Waals surface area contributed by atoms with Crippen LogP contribution >= 0.6 is 11.6 Å². The van der Waals surface area contributed by atoms with Gasteiger partial charge in [-0.3, -0.25) is 0 Å². The maximum absolute atomic E-state index is 8.47. The van der Waals surface area contributed by atoms with Gasteiger partial charge in [-0.2, -0.15) is 5.26 Å². The van der Waals surface area contributed by atoms with Gasteiger partial charge in [0.1, 0.15) is 18.2 Å². The molecule has 1 aliphatic rings. The maximum atomic E-state index is 8.47. The van der Waals surface area contributed by atoms with Gasteiger partial charge in [-0.25, -0.2) is 9.97 Å². The lowest BCUT2D eigenvalue weighted by Gasteiger charge is -2.24. The lowest BCUT2D eigenvalue weighted by Crippen LogP contribution is -2.28. The fourth-order valence-corrected chi connectivity index (χ4v) is 1.96. The molecule has 2 N–H and O–H groups in total. The van der Waals surface area contributed by atoms with E-state index in [1.54, 1.807) is 0 Å². The Morgan fingerprint density at radius 1 is 1.47 bits per heavy atom. The van der Waals surface area contributed by atoms with Gasteiger partial charge >= 0.3 is 0 Å². The zero-order valence-corrected chi connectivity index (χ0v) is 11.0. The Balaban J connectivity index is 2.12. The Bertz CT molecular complexity index is 493. The predicted molar refractivity (Wildman–Crippen MR) is 72.6 cm³/mol. The SMILES string of the molecule is N#C/C=C/Nc1c(Cl)ncnc1NC1CCCCO1. The summed E-state index contributed by atoms with van der Waals surface area (Å²) in [6.07, 6.45) is 7.23. The molecule has 1 aromatic rings. The van der Waals surface area contributed by atoms with Gasteiger partial charge in [-0.1, -0.05) is 11.6 Å². The third-order valence-corrected chi connectivity index (χ3v) is 2.95. The molecule has 1 aromatic heterocycles. The molecule has 0 aromatic carbocycles. The first-order valence-corrected chi connectivity index (χ1v) is 6.39. The molecule has 2 heterocycles. The molecule has 0 bridgehead atoms. The first-order valence-electron chi connectivity index (χ1n) is 6.01. The third-order valence-electron chi connectivity index (χ3n) is 2.66. The third kappa shape index (κ3) is 3.81. The number of nitriles is 1. The van der Waals surface area contributed by atoms with Crippen molar-refractivity contribution in [2.24, 2.45) is 0 Å². The van der Waals surface area contributed by atoms with Crippen LogP contribution < -0.4 is 10.6 Å². The van der Waals surface area contributed by atoms with Crippen molar-refractivity contribution in [2.45, 2.75) is 25.5 Å². The average Bonchev–Trinajstić information content (AvgIpc) is 2.43. The minimum absolute atomic E-state index is 0.0692. The summed E-state index contributed by atoms with van der Waals surface area (Å²) in [7, 11) is 0. The summed E-state index contributed by atoms with van der Waals surface area (Å²) >= 11 is 6.01. The first kappa shape index (κ1) is 13.6. The Labute approximate surface area is 116 Å². The molecule has 0 amide bonds. The molecule has 0 saturated carbocycles. The molecule has 0 spiro atoms. The van der Waals surface area contributed by atoms with Gasteiger partial charge in [0.15, 0.2) is 11.0 Å². The van der Waals surface area contributed by atoms with Gasteiger partial charge < -0.3 is 15.4 Å². The van der Waals surface area contributed by atoms with Crippen molar-refractivity contribution in [2.75, 3.05) is 17.2 Å². The molecule has 100 valence electrons. The molecule has 6 nitrogen and oxygen atoms in total. The van der Waals surface area contributed by atoms with E-state index in [2.05, 4.69) is 20.6 Å². The number of anilines is 2. The maximum Gasteiger partial charge on any atom is 0.158 e. The fourth-order valence-electron chi connectivity index (χ4n) is 1.77. The van der Waals surface area contributed by atoms with E-state index < -0.39 is 0 Å². The Hall–Kier alpha value is -1.84. The van der Waals surface area contributed by atoms with Crippen LogP contribution in [-0.2, 0) is 4.74 Å². The summed E-state index contributed by atoms with van der Waals surface area (Å²) in [4.78, 5) is 8.05. The van der Waals surface area contributed by atoms with Crippen LogP contribution in [0.3, 0.4) is 0 Å². The van der Waals surface area contributed by atoms with Crippen LogP contribution in [0, 0.1) is 11.3 Å². The topological polar surface area (TPSA) is 82.9 Å². The molecular weight excluding hydrogens is 266 g/mol. The predicted octanol–water partition coefficient (Wildman–Crippen LogP) is 2.52. The summed E-state index contributed by atoms with van der Waals surface area (Å²) in [5, 5.41) is 14.8. The van der Waals surface area contributed by atoms with E-state index in [0.717, 1.165) is 25.9 Å². The van der Waals surface area contributed by atoms with Crippen molar-refractivity contribution >= 4 is 23.1 Å². The van der Waals surface area contributed by atoms with Crippen LogP contribution in [0.25, 0.3) is 0 Å². The van der Waals surface area contributed by atoms with E-state index in [-0.39, 0.29) is 11.4 Å². The minimum atomic E-state index is -0.0692. The summed E-state index contributed by atoms with van der Waals surface area (Å²) in [5.41, 5.74) is 0.532. The summed E-state index contributed by atoms with van der Waals surface area (Å²) in [6.45, 7) is 0.744. The smallest absolute Gasteiger partial charge is 0.158 e. The highest BCUT2D eigenvalue weighted by molar-refractivity contribution is 6.32. The van der Waals surface area contributed by atoms with E-state index >= 15 is 0 Å². The fraction of sp³-hybridized carbons (Fsp3) is 0.417. The zero-order chi connectivity index (χ0) is 13.5. The van der Waals surface area contributed by atoms with E-state index in [1.165, 1.54) is 18.6 Å². The van der Waals surface area contributed by atoms with Crippen molar-refractivity contribution in [3.05, 3.63) is 23.8 Å². The summed E-state index contributed by atoms with van der Waals surface area (Å²) in [6, 6.07) is 1.89. The first-order chi connectivity index (χ1) is 9.31. The molecule has 0 radical (unpaired) electrons. The molecular formula is C12H14ClN5O. The van der Waals surface area contributed by atoms with Crippen LogP contribution in [0.1, 0.15) is 19.3 Å². The van der Waals surface area contributed by atoms with Gasteiger partial charge in [0.05, 0.1) is 6.07 Å². The van der Waals surface area contributed by atoms with Gasteiger partial charge in [-0.15, -0.1) is 0 Å². The van der Waals surface area contributed by atoms with E-state index in [1.807, 2.05) is 6.07 Å². The Morgan fingerprint density at radius 3 is 3.11 bits per heavy atom. The van der Waals surface area contributed by atoms with Crippen molar-refractivity contribution in [1.82, 2.24) is 9.97 Å². The lowest BCUT2D eigenvalue weighted by atomic mass is 10.2. The highest BCUT2D eigenvalue weighted by Gasteiger charge is 2.17. The van der Waals surface area contributed by atoms with Crippen molar-refractivity contribution in [3.8, 4) is 6.07 Å². The summed E-state index contributed by atoms with van der Waals surface area (Å²) in [5.74, 6) is 0.564. The van der Waals surface area contributed by atoms with E-state index in [9.17, 15) is 0 Å². The number of nitrogens with zero attached hydrogens (tertiary/aromatic N) is 3. The standard InChI is InChI=1S/C12H14ClN5O/c13-11-10(15-6-3-5-14)12(17-8-16-11)18-9-4-1-2-7-19-9/h3,6,8-9,15H,1-2,4,7H2,(H,16,17,18)/b6-3+. The monoisotopic (exact) mass is 279 g/mol. The molecule has 1 atom stereocenters. The second-order valence-electron chi connectivity index (χ2n) is 3.99. The van der Waals surface area contributed by atoms with E-state index in [4.69, 9.17) is 21.6 Å². The molecule has 1 unspecified atom stereocenters. The highest BCUT2D eigenvalue weighted by Crippen LogP contribution is 2.27. The number of aromatic nitrogens is 2. The number of allylic oxidation sites excluding steroid dienone is 1. The zero-order valence-electron chi connectivity index (χ0n) is 10.3. The number of halogens is 1. The number of rotatable bonds is 4. The normalized spacial score (nSPS) is 19.1. The van der Waals surface area contributed by atoms with Crippen molar-refractivity contribution in [3.63, 3.8) is 0 Å². The number of hydrogen-bond acceptors (Lipinski definition) is 6. The molecule has 1 saturated heterocycles. The molecule has 7 heteroatoms. The highest BCUT2D eigenvalue weighted by atomic mass is 35.5. The van der Waals surface area contributed by atoms with Gasteiger partial charge in [0, 0.05) is 18.9 Å². The Morgan fingerprint density at radius 2 is 2.37 bits per heavy atom. The van der Waals surface area contributed by atoms with Gasteiger partial charge in [0.2, 0.25) is 0 Å². The van der Waals surface area contributed by atoms with Crippen molar-refractivity contribution < 1.29 is 4.74 Å². The molecule has 0 aliphatic carbocycles. The molecule has 1 fully saturated rings. The molecule has 19 heavy (non-hydrogen) atoms. The van der Waals surface area contributed by atoms with Crippen LogP contribution in [0.15, 0.2) is 18.6 Å².